The smallest absolute Gasteiger partial charge is 0.0717 e. The molecule has 3 nitrogen and oxygen atoms in total. The third-order valence-corrected chi connectivity index (χ3v) is 5.35. The number of hydrogen-bond donors (Lipinski definition) is 2. The van der Waals surface area contributed by atoms with Crippen LogP contribution in [0.15, 0.2) is 30.3 Å². The minimum Gasteiger partial charge on any atom is -0.396 e. The highest BCUT2D eigenvalue weighted by molar-refractivity contribution is 5.13. The van der Waals surface area contributed by atoms with Crippen LogP contribution in [-0.2, 0) is 11.3 Å². The van der Waals surface area contributed by atoms with Crippen LogP contribution in [0, 0.1) is 29.6 Å². The Kier molecular flexibility index (Phi) is 11.1. The normalized spacial score (nSPS) is 18.7. The molecule has 0 aliphatic rings. The highest BCUT2D eigenvalue weighted by Crippen LogP contribution is 2.27. The fraction of sp³-hybridized carbons (Fsp3) is 0.739. The van der Waals surface area contributed by atoms with Crippen molar-refractivity contribution in [3.05, 3.63) is 35.9 Å². The highest BCUT2D eigenvalue weighted by atomic mass is 16.5. The quantitative estimate of drug-likeness (QED) is 0.523. The van der Waals surface area contributed by atoms with Gasteiger partial charge >= 0.3 is 0 Å². The molecule has 1 aromatic carbocycles. The van der Waals surface area contributed by atoms with Crippen molar-refractivity contribution in [2.24, 2.45) is 29.6 Å². The van der Waals surface area contributed by atoms with Crippen LogP contribution >= 0.6 is 0 Å². The zero-order valence-electron chi connectivity index (χ0n) is 17.4. The van der Waals surface area contributed by atoms with Gasteiger partial charge in [0.25, 0.3) is 0 Å². The molecule has 3 heteroatoms. The van der Waals surface area contributed by atoms with Crippen LogP contribution in [-0.4, -0.2) is 29.5 Å². The predicted molar refractivity (Wildman–Crippen MR) is 109 cm³/mol. The third-order valence-electron chi connectivity index (χ3n) is 5.35. The molecule has 0 heterocycles. The fourth-order valence-corrected chi connectivity index (χ4v) is 4.01. The number of rotatable bonds is 13. The van der Waals surface area contributed by atoms with E-state index < -0.39 is 0 Å². The molecule has 0 spiro atoms. The van der Waals surface area contributed by atoms with Crippen molar-refractivity contribution in [1.29, 1.82) is 0 Å². The van der Waals surface area contributed by atoms with Crippen LogP contribution in [0.3, 0.4) is 0 Å². The molecule has 0 saturated carbocycles. The van der Waals surface area contributed by atoms with E-state index in [1.54, 1.807) is 0 Å². The first-order valence-corrected chi connectivity index (χ1v) is 10.2. The van der Waals surface area contributed by atoms with Gasteiger partial charge in [-0.3, -0.25) is 0 Å². The molecule has 1 rings (SSSR count). The summed E-state index contributed by atoms with van der Waals surface area (Å²) in [6, 6.07) is 10.2. The number of hydrogen-bond acceptors (Lipinski definition) is 3. The molecule has 0 saturated heterocycles. The molecule has 0 amide bonds. The lowest BCUT2D eigenvalue weighted by atomic mass is 9.82. The van der Waals surface area contributed by atoms with Crippen molar-refractivity contribution in [3.8, 4) is 0 Å². The summed E-state index contributed by atoms with van der Waals surface area (Å²) in [7, 11) is 0. The average Bonchev–Trinajstić information content (AvgIpc) is 2.61. The monoisotopic (exact) mass is 364 g/mol. The summed E-state index contributed by atoms with van der Waals surface area (Å²) in [5.74, 6) is 1.97. The molecule has 6 atom stereocenters. The minimum atomic E-state index is -0.333. The topological polar surface area (TPSA) is 49.7 Å². The van der Waals surface area contributed by atoms with E-state index in [0.29, 0.717) is 31.0 Å². The van der Waals surface area contributed by atoms with Gasteiger partial charge in [0.15, 0.2) is 0 Å². The Morgan fingerprint density at radius 1 is 0.808 bits per heavy atom. The van der Waals surface area contributed by atoms with E-state index in [1.807, 2.05) is 18.2 Å². The molecule has 1 aromatic rings. The Hall–Kier alpha value is -0.900. The second kappa shape index (κ2) is 12.5. The molecular formula is C23H40O3. The van der Waals surface area contributed by atoms with Crippen LogP contribution < -0.4 is 0 Å². The van der Waals surface area contributed by atoms with Crippen molar-refractivity contribution in [2.75, 3.05) is 13.2 Å². The van der Waals surface area contributed by atoms with Crippen molar-refractivity contribution in [2.45, 2.75) is 66.6 Å². The molecule has 150 valence electrons. The highest BCUT2D eigenvalue weighted by Gasteiger charge is 2.24. The van der Waals surface area contributed by atoms with Crippen LogP contribution in [0.1, 0.15) is 59.4 Å². The number of aliphatic hydroxyl groups is 2. The van der Waals surface area contributed by atoms with Gasteiger partial charge in [0.2, 0.25) is 0 Å². The van der Waals surface area contributed by atoms with E-state index >= 15 is 0 Å². The molecule has 0 aliphatic carbocycles. The molecular weight excluding hydrogens is 324 g/mol. The summed E-state index contributed by atoms with van der Waals surface area (Å²) < 4.78 is 5.79. The second-order valence-corrected chi connectivity index (χ2v) is 8.65. The van der Waals surface area contributed by atoms with Gasteiger partial charge in [-0.2, -0.15) is 0 Å². The average molecular weight is 365 g/mol. The number of aliphatic hydroxyl groups excluding tert-OH is 2. The standard InChI is InChI=1S/C23H40O3/c1-17(12-19(3)14-24)11-18(2)13-20(4)23(25)21(5)15-26-16-22-9-7-6-8-10-22/h6-10,17-21,23-25H,11-16H2,1-5H3/t17?,18?,19?,20?,21-,23?/m1/s1. The van der Waals surface area contributed by atoms with E-state index in [4.69, 9.17) is 4.74 Å². The first kappa shape index (κ1) is 23.1. The van der Waals surface area contributed by atoms with E-state index in [9.17, 15) is 10.2 Å². The molecule has 26 heavy (non-hydrogen) atoms. The van der Waals surface area contributed by atoms with Gasteiger partial charge in [-0.1, -0.05) is 65.0 Å². The van der Waals surface area contributed by atoms with E-state index in [-0.39, 0.29) is 24.5 Å². The molecule has 5 unspecified atom stereocenters. The van der Waals surface area contributed by atoms with Crippen molar-refractivity contribution < 1.29 is 14.9 Å². The SMILES string of the molecule is CC(CO)CC(C)CC(C)CC(C)C(O)[C@H](C)COCc1ccccc1. The largest absolute Gasteiger partial charge is 0.396 e. The van der Waals surface area contributed by atoms with E-state index in [1.165, 1.54) is 5.56 Å². The summed E-state index contributed by atoms with van der Waals surface area (Å²) in [5.41, 5.74) is 1.17. The number of benzene rings is 1. The van der Waals surface area contributed by atoms with Crippen LogP contribution in [0.25, 0.3) is 0 Å². The van der Waals surface area contributed by atoms with Gasteiger partial charge < -0.3 is 14.9 Å². The van der Waals surface area contributed by atoms with Gasteiger partial charge in [0, 0.05) is 12.5 Å². The van der Waals surface area contributed by atoms with Gasteiger partial charge in [-0.15, -0.1) is 0 Å². The molecule has 2 N–H and O–H groups in total. The van der Waals surface area contributed by atoms with Gasteiger partial charge in [-0.05, 0) is 48.5 Å². The maximum Gasteiger partial charge on any atom is 0.0717 e. The Labute approximate surface area is 160 Å². The summed E-state index contributed by atoms with van der Waals surface area (Å²) in [6.07, 6.45) is 2.92. The Bertz CT molecular complexity index is 462. The summed E-state index contributed by atoms with van der Waals surface area (Å²) in [5, 5.41) is 19.8. The predicted octanol–water partition coefficient (Wildman–Crippen LogP) is 4.91. The Balaban J connectivity index is 2.30. The van der Waals surface area contributed by atoms with Gasteiger partial charge in [0.05, 0.1) is 19.3 Å². The minimum absolute atomic E-state index is 0.132. The third kappa shape index (κ3) is 9.16. The maximum atomic E-state index is 10.6. The van der Waals surface area contributed by atoms with Crippen LogP contribution in [0.5, 0.6) is 0 Å². The summed E-state index contributed by atoms with van der Waals surface area (Å²) in [4.78, 5) is 0. The van der Waals surface area contributed by atoms with Crippen LogP contribution in [0.2, 0.25) is 0 Å². The molecule has 0 radical (unpaired) electrons. The Morgan fingerprint density at radius 3 is 2.00 bits per heavy atom. The van der Waals surface area contributed by atoms with Crippen molar-refractivity contribution in [1.82, 2.24) is 0 Å². The molecule has 0 bridgehead atoms. The lowest BCUT2D eigenvalue weighted by Gasteiger charge is -2.28. The lowest BCUT2D eigenvalue weighted by molar-refractivity contribution is -0.00156. The van der Waals surface area contributed by atoms with Crippen molar-refractivity contribution in [3.63, 3.8) is 0 Å². The van der Waals surface area contributed by atoms with E-state index in [2.05, 4.69) is 46.8 Å². The summed E-state index contributed by atoms with van der Waals surface area (Å²) >= 11 is 0. The molecule has 0 fully saturated rings. The fourth-order valence-electron chi connectivity index (χ4n) is 4.01. The second-order valence-electron chi connectivity index (χ2n) is 8.65. The first-order chi connectivity index (χ1) is 12.3. The van der Waals surface area contributed by atoms with E-state index in [0.717, 1.165) is 19.3 Å². The summed E-state index contributed by atoms with van der Waals surface area (Å²) in [6.45, 7) is 12.3. The molecule has 0 aliphatic heterocycles. The maximum absolute atomic E-state index is 10.6. The van der Waals surface area contributed by atoms with Crippen LogP contribution in [0.4, 0.5) is 0 Å². The lowest BCUT2D eigenvalue weighted by Crippen LogP contribution is -2.30. The van der Waals surface area contributed by atoms with Crippen molar-refractivity contribution >= 4 is 0 Å². The van der Waals surface area contributed by atoms with Gasteiger partial charge in [0.1, 0.15) is 0 Å². The first-order valence-electron chi connectivity index (χ1n) is 10.2. The zero-order valence-corrected chi connectivity index (χ0v) is 17.4. The number of ether oxygens (including phenoxy) is 1. The molecule has 0 aromatic heterocycles. The zero-order chi connectivity index (χ0) is 19.5. The Morgan fingerprint density at radius 2 is 1.38 bits per heavy atom. The van der Waals surface area contributed by atoms with Gasteiger partial charge in [-0.25, -0.2) is 0 Å².